The topological polar surface area (TPSA) is 90.3 Å². The summed E-state index contributed by atoms with van der Waals surface area (Å²) >= 11 is 0. The second-order valence-electron chi connectivity index (χ2n) is 6.68. The van der Waals surface area contributed by atoms with E-state index in [1.807, 2.05) is 11.5 Å². The van der Waals surface area contributed by atoms with Crippen LogP contribution in [0.2, 0.25) is 0 Å². The maximum Gasteiger partial charge on any atom is 0.586 e. The van der Waals surface area contributed by atoms with Crippen molar-refractivity contribution in [3.63, 3.8) is 0 Å². The van der Waals surface area contributed by atoms with Crippen LogP contribution in [0.4, 0.5) is 19.3 Å². The summed E-state index contributed by atoms with van der Waals surface area (Å²) in [5.74, 6) is 0.471. The third-order valence-electron chi connectivity index (χ3n) is 4.71. The Hall–Kier alpha value is -2.91. The molecule has 0 spiro atoms. The van der Waals surface area contributed by atoms with E-state index in [0.29, 0.717) is 17.6 Å². The summed E-state index contributed by atoms with van der Waals surface area (Å²) in [6.45, 7) is 1.81. The molecule has 2 aliphatic rings. The highest BCUT2D eigenvalue weighted by atomic mass is 19.3. The van der Waals surface area contributed by atoms with Gasteiger partial charge in [-0.3, -0.25) is 0 Å². The molecule has 144 valence electrons. The number of aromatic nitrogens is 3. The molecular formula is C17H19F2N5O3. The first-order chi connectivity index (χ1) is 12.9. The fourth-order valence-corrected chi connectivity index (χ4v) is 3.48. The van der Waals surface area contributed by atoms with Crippen LogP contribution >= 0.6 is 0 Å². The van der Waals surface area contributed by atoms with Gasteiger partial charge in [0.25, 0.3) is 0 Å². The minimum Gasteiger partial charge on any atom is -0.395 e. The molecule has 1 aliphatic heterocycles. The number of rotatable bonds is 4. The average Bonchev–Trinajstić information content (AvgIpc) is 3.31. The van der Waals surface area contributed by atoms with Crippen LogP contribution < -0.4 is 20.1 Å². The first-order valence-corrected chi connectivity index (χ1v) is 8.78. The van der Waals surface area contributed by atoms with Crippen molar-refractivity contribution in [3.05, 3.63) is 30.4 Å². The van der Waals surface area contributed by atoms with Crippen LogP contribution in [0.25, 0.3) is 0 Å². The quantitative estimate of drug-likeness (QED) is 0.847. The number of carbonyl (C=O) groups is 1. The summed E-state index contributed by atoms with van der Waals surface area (Å²) in [7, 11) is 0. The van der Waals surface area contributed by atoms with Crippen molar-refractivity contribution in [2.75, 3.05) is 5.32 Å². The molecule has 8 nitrogen and oxygen atoms in total. The summed E-state index contributed by atoms with van der Waals surface area (Å²) in [4.78, 5) is 12.3. The third-order valence-corrected chi connectivity index (χ3v) is 4.71. The lowest BCUT2D eigenvalue weighted by molar-refractivity contribution is -0.286. The molecule has 0 radical (unpaired) electrons. The van der Waals surface area contributed by atoms with E-state index in [1.165, 1.54) is 31.0 Å². The summed E-state index contributed by atoms with van der Waals surface area (Å²) in [6.07, 6.45) is 2.50. The Balaban J connectivity index is 1.40. The summed E-state index contributed by atoms with van der Waals surface area (Å²) in [5, 5.41) is 13.5. The van der Waals surface area contributed by atoms with E-state index in [-0.39, 0.29) is 17.5 Å². The van der Waals surface area contributed by atoms with Gasteiger partial charge in [0.2, 0.25) is 0 Å². The molecule has 2 aromatic rings. The molecule has 10 heteroatoms. The van der Waals surface area contributed by atoms with Crippen molar-refractivity contribution in [1.29, 1.82) is 0 Å². The van der Waals surface area contributed by atoms with Gasteiger partial charge in [-0.15, -0.1) is 19.0 Å². The molecule has 1 fully saturated rings. The number of hydrogen-bond acceptors (Lipinski definition) is 5. The first-order valence-electron chi connectivity index (χ1n) is 8.78. The van der Waals surface area contributed by atoms with Crippen molar-refractivity contribution in [2.45, 2.75) is 51.0 Å². The lowest BCUT2D eigenvalue weighted by atomic mass is 10.2. The van der Waals surface area contributed by atoms with Crippen LogP contribution in [0.5, 0.6) is 11.5 Å². The van der Waals surface area contributed by atoms with E-state index in [0.717, 1.165) is 12.8 Å². The number of hydrogen-bond donors (Lipinski definition) is 2. The second-order valence-corrected chi connectivity index (χ2v) is 6.68. The number of urea groups is 1. The molecule has 0 bridgehead atoms. The predicted molar refractivity (Wildman–Crippen MR) is 90.7 cm³/mol. The molecular weight excluding hydrogens is 360 g/mol. The average molecular weight is 379 g/mol. The van der Waals surface area contributed by atoms with Gasteiger partial charge in [-0.2, -0.15) is 0 Å². The molecule has 1 aromatic carbocycles. The summed E-state index contributed by atoms with van der Waals surface area (Å²) < 4.78 is 36.9. The number of nitrogens with one attached hydrogen (secondary N) is 2. The van der Waals surface area contributed by atoms with E-state index < -0.39 is 12.3 Å². The highest BCUT2D eigenvalue weighted by Gasteiger charge is 2.43. The van der Waals surface area contributed by atoms with Gasteiger partial charge < -0.3 is 24.7 Å². The molecule has 2 heterocycles. The van der Waals surface area contributed by atoms with Gasteiger partial charge in [-0.1, -0.05) is 12.8 Å². The number of anilines is 1. The number of ether oxygens (including phenoxy) is 2. The van der Waals surface area contributed by atoms with E-state index in [9.17, 15) is 13.6 Å². The van der Waals surface area contributed by atoms with Gasteiger partial charge in [-0.05, 0) is 31.9 Å². The molecule has 1 aromatic heterocycles. The van der Waals surface area contributed by atoms with Gasteiger partial charge >= 0.3 is 12.3 Å². The van der Waals surface area contributed by atoms with Crippen molar-refractivity contribution in [1.82, 2.24) is 20.1 Å². The molecule has 2 amide bonds. The minimum atomic E-state index is -3.69. The van der Waals surface area contributed by atoms with Gasteiger partial charge in [0.15, 0.2) is 17.3 Å². The molecule has 0 saturated heterocycles. The number of amides is 2. The molecule has 4 rings (SSSR count). The maximum absolute atomic E-state index is 13.1. The molecule has 1 aliphatic carbocycles. The van der Waals surface area contributed by atoms with Crippen LogP contribution in [0.15, 0.2) is 24.5 Å². The number of nitrogens with zero attached hydrogens (tertiary/aromatic N) is 3. The largest absolute Gasteiger partial charge is 0.586 e. The van der Waals surface area contributed by atoms with Gasteiger partial charge in [0.1, 0.15) is 6.33 Å². The van der Waals surface area contributed by atoms with Crippen molar-refractivity contribution in [2.24, 2.45) is 0 Å². The molecule has 2 N–H and O–H groups in total. The number of fused-ring (bicyclic) bond motifs is 1. The van der Waals surface area contributed by atoms with Gasteiger partial charge in [-0.25, -0.2) is 4.79 Å². The van der Waals surface area contributed by atoms with E-state index in [1.54, 1.807) is 6.33 Å². The Kier molecular flexibility index (Phi) is 4.33. The van der Waals surface area contributed by atoms with Gasteiger partial charge in [0, 0.05) is 17.8 Å². The normalized spacial score (nSPS) is 19.1. The lowest BCUT2D eigenvalue weighted by Crippen LogP contribution is -2.32. The number of benzene rings is 1. The Morgan fingerprint density at radius 2 is 2.04 bits per heavy atom. The monoisotopic (exact) mass is 379 g/mol. The Morgan fingerprint density at radius 1 is 1.30 bits per heavy atom. The SMILES string of the molecule is C[C@@H](NC(=O)Nc1ccc2c(c1)OC(F)(F)O2)c1nncn1C1CCCC1. The number of carbonyl (C=O) groups excluding carboxylic acids is 1. The Labute approximate surface area is 153 Å². The van der Waals surface area contributed by atoms with Crippen molar-refractivity contribution < 1.29 is 23.0 Å². The van der Waals surface area contributed by atoms with Crippen molar-refractivity contribution >= 4 is 11.7 Å². The van der Waals surface area contributed by atoms with Crippen molar-refractivity contribution in [3.8, 4) is 11.5 Å². The zero-order valence-corrected chi connectivity index (χ0v) is 14.6. The maximum atomic E-state index is 13.1. The van der Waals surface area contributed by atoms with Gasteiger partial charge in [0.05, 0.1) is 6.04 Å². The predicted octanol–water partition coefficient (Wildman–Crippen LogP) is 3.60. The second kappa shape index (κ2) is 6.67. The molecule has 0 unspecified atom stereocenters. The fourth-order valence-electron chi connectivity index (χ4n) is 3.48. The number of halogens is 2. The highest BCUT2D eigenvalue weighted by Crippen LogP contribution is 2.42. The summed E-state index contributed by atoms with van der Waals surface area (Å²) in [5.41, 5.74) is 0.303. The molecule has 27 heavy (non-hydrogen) atoms. The van der Waals surface area contributed by atoms with E-state index in [2.05, 4.69) is 30.3 Å². The standard InChI is InChI=1S/C17H19F2N5O3/c1-10(15-23-20-9-24(15)12-4-2-3-5-12)21-16(25)22-11-6-7-13-14(8-11)27-17(18,19)26-13/h6-10,12H,2-5H2,1H3,(H2,21,22,25)/t10-/m1/s1. The van der Waals surface area contributed by atoms with E-state index in [4.69, 9.17) is 0 Å². The zero-order valence-electron chi connectivity index (χ0n) is 14.6. The van der Waals surface area contributed by atoms with Crippen LogP contribution in [-0.4, -0.2) is 27.1 Å². The fraction of sp³-hybridized carbons (Fsp3) is 0.471. The minimum absolute atomic E-state index is 0.0796. The lowest BCUT2D eigenvalue weighted by Gasteiger charge is -2.19. The zero-order chi connectivity index (χ0) is 19.0. The van der Waals surface area contributed by atoms with Crippen LogP contribution in [0, 0.1) is 0 Å². The van der Waals surface area contributed by atoms with Crippen LogP contribution in [0.3, 0.4) is 0 Å². The number of alkyl halides is 2. The summed E-state index contributed by atoms with van der Waals surface area (Å²) in [6, 6.07) is 3.54. The smallest absolute Gasteiger partial charge is 0.395 e. The Bertz CT molecular complexity index is 851. The molecule has 1 saturated carbocycles. The third kappa shape index (κ3) is 3.64. The Morgan fingerprint density at radius 3 is 2.81 bits per heavy atom. The van der Waals surface area contributed by atoms with Crippen LogP contribution in [0.1, 0.15) is 50.5 Å². The molecule has 1 atom stereocenters. The highest BCUT2D eigenvalue weighted by molar-refractivity contribution is 5.89. The first kappa shape index (κ1) is 17.5. The van der Waals surface area contributed by atoms with Crippen LogP contribution in [-0.2, 0) is 0 Å². The van der Waals surface area contributed by atoms with E-state index >= 15 is 0 Å².